The molecule has 0 radical (unpaired) electrons. The molecule has 0 unspecified atom stereocenters. The van der Waals surface area contributed by atoms with Gasteiger partial charge in [-0.2, -0.15) is 0 Å². The fourth-order valence-electron chi connectivity index (χ4n) is 3.13. The molecule has 0 spiro atoms. The number of hydrogen-bond acceptors (Lipinski definition) is 5. The van der Waals surface area contributed by atoms with Gasteiger partial charge in [0.2, 0.25) is 0 Å². The largest absolute Gasteiger partial charge is 0.453 e. The first-order chi connectivity index (χ1) is 14.0. The van der Waals surface area contributed by atoms with E-state index in [9.17, 15) is 14.0 Å². The Morgan fingerprint density at radius 3 is 2.52 bits per heavy atom. The molecule has 0 amide bonds. The van der Waals surface area contributed by atoms with Gasteiger partial charge in [0.15, 0.2) is 12.4 Å². The van der Waals surface area contributed by atoms with Crippen molar-refractivity contribution < 1.29 is 23.5 Å². The monoisotopic (exact) mass is 414 g/mol. The molecule has 0 fully saturated rings. The standard InChI is InChI=1S/C23H23FO4S/c1-4-14(2)15-8-10-16(11-9-15)19(25)13-28-23(26)22-17(12-27-3)21-18(24)6-5-7-20(21)29-22/h5-11,14H,4,12-13H2,1-3H3/t14-/m1/s1. The number of carbonyl (C=O) groups excluding carboxylic acids is 2. The molecule has 0 saturated carbocycles. The highest BCUT2D eigenvalue weighted by Crippen LogP contribution is 2.34. The summed E-state index contributed by atoms with van der Waals surface area (Å²) >= 11 is 1.14. The van der Waals surface area contributed by atoms with E-state index < -0.39 is 11.8 Å². The van der Waals surface area contributed by atoms with E-state index in [1.807, 2.05) is 12.1 Å². The van der Waals surface area contributed by atoms with Crippen LogP contribution in [0.25, 0.3) is 10.1 Å². The van der Waals surface area contributed by atoms with Gasteiger partial charge in [-0.1, -0.05) is 44.2 Å². The van der Waals surface area contributed by atoms with E-state index in [1.165, 1.54) is 13.2 Å². The van der Waals surface area contributed by atoms with Gasteiger partial charge in [-0.15, -0.1) is 11.3 Å². The molecule has 0 bridgehead atoms. The zero-order chi connectivity index (χ0) is 21.0. The molecule has 2 aromatic carbocycles. The summed E-state index contributed by atoms with van der Waals surface area (Å²) in [6.45, 7) is 3.95. The van der Waals surface area contributed by atoms with Crippen molar-refractivity contribution >= 4 is 33.2 Å². The Morgan fingerprint density at radius 1 is 1.14 bits per heavy atom. The Bertz CT molecular complexity index is 1020. The summed E-state index contributed by atoms with van der Waals surface area (Å²) in [5.41, 5.74) is 2.10. The van der Waals surface area contributed by atoms with Crippen molar-refractivity contribution in [3.8, 4) is 0 Å². The van der Waals surface area contributed by atoms with Gasteiger partial charge < -0.3 is 9.47 Å². The minimum Gasteiger partial charge on any atom is -0.453 e. The Hall–Kier alpha value is -2.57. The number of rotatable bonds is 8. The molecule has 152 valence electrons. The van der Waals surface area contributed by atoms with Crippen LogP contribution >= 0.6 is 11.3 Å². The van der Waals surface area contributed by atoms with Gasteiger partial charge in [0, 0.05) is 28.3 Å². The van der Waals surface area contributed by atoms with Crippen molar-refractivity contribution in [2.75, 3.05) is 13.7 Å². The predicted molar refractivity (Wildman–Crippen MR) is 112 cm³/mol. The fraction of sp³-hybridized carbons (Fsp3) is 0.304. The molecular formula is C23H23FO4S. The van der Waals surface area contributed by atoms with Crippen molar-refractivity contribution in [2.45, 2.75) is 32.8 Å². The van der Waals surface area contributed by atoms with E-state index in [0.717, 1.165) is 23.3 Å². The molecule has 3 rings (SSSR count). The summed E-state index contributed by atoms with van der Waals surface area (Å²) in [6.07, 6.45) is 1.02. The second-order valence-corrected chi connectivity index (χ2v) is 7.94. The van der Waals surface area contributed by atoms with E-state index in [-0.39, 0.29) is 23.9 Å². The molecule has 0 aliphatic carbocycles. The van der Waals surface area contributed by atoms with Crippen LogP contribution in [0.1, 0.15) is 57.3 Å². The molecular weight excluding hydrogens is 391 g/mol. The highest BCUT2D eigenvalue weighted by atomic mass is 32.1. The second-order valence-electron chi connectivity index (χ2n) is 6.89. The van der Waals surface area contributed by atoms with Crippen LogP contribution in [0.2, 0.25) is 0 Å². The van der Waals surface area contributed by atoms with Gasteiger partial charge in [0.25, 0.3) is 0 Å². The predicted octanol–water partition coefficient (Wildman–Crippen LogP) is 5.74. The lowest BCUT2D eigenvalue weighted by atomic mass is 9.97. The molecule has 0 N–H and O–H groups in total. The molecule has 3 aromatic rings. The number of hydrogen-bond donors (Lipinski definition) is 0. The third-order valence-electron chi connectivity index (χ3n) is 4.99. The van der Waals surface area contributed by atoms with Gasteiger partial charge in [-0.3, -0.25) is 4.79 Å². The Kier molecular flexibility index (Phi) is 6.77. The number of thiophene rings is 1. The minimum atomic E-state index is -0.651. The highest BCUT2D eigenvalue weighted by molar-refractivity contribution is 7.21. The smallest absolute Gasteiger partial charge is 0.349 e. The van der Waals surface area contributed by atoms with Crippen molar-refractivity contribution in [2.24, 2.45) is 0 Å². The zero-order valence-corrected chi connectivity index (χ0v) is 17.5. The van der Waals surface area contributed by atoms with Gasteiger partial charge in [0.1, 0.15) is 10.7 Å². The number of ketones is 1. The number of Topliss-reactive ketones (excluding diaryl/α,β-unsaturated/α-hetero) is 1. The normalized spacial score (nSPS) is 12.1. The number of esters is 1. The number of methoxy groups -OCH3 is 1. The third-order valence-corrected chi connectivity index (χ3v) is 6.16. The van der Waals surface area contributed by atoms with Crippen molar-refractivity contribution in [3.63, 3.8) is 0 Å². The number of carbonyl (C=O) groups is 2. The maximum Gasteiger partial charge on any atom is 0.349 e. The quantitative estimate of drug-likeness (QED) is 0.348. The van der Waals surface area contributed by atoms with Gasteiger partial charge >= 0.3 is 5.97 Å². The van der Waals surface area contributed by atoms with Gasteiger partial charge in [-0.25, -0.2) is 9.18 Å². The first-order valence-electron chi connectivity index (χ1n) is 9.45. The van der Waals surface area contributed by atoms with Crippen molar-refractivity contribution in [1.82, 2.24) is 0 Å². The van der Waals surface area contributed by atoms with E-state index in [0.29, 0.717) is 27.1 Å². The average Bonchev–Trinajstić information content (AvgIpc) is 3.11. The Balaban J connectivity index is 1.74. The van der Waals surface area contributed by atoms with Crippen LogP contribution in [-0.2, 0) is 16.1 Å². The summed E-state index contributed by atoms with van der Waals surface area (Å²) in [5, 5.41) is 0.359. The third kappa shape index (κ3) is 4.54. The Labute approximate surface area is 173 Å². The lowest BCUT2D eigenvalue weighted by Gasteiger charge is -2.09. The van der Waals surface area contributed by atoms with Crippen LogP contribution in [0, 0.1) is 5.82 Å². The first-order valence-corrected chi connectivity index (χ1v) is 10.3. The Morgan fingerprint density at radius 2 is 1.86 bits per heavy atom. The highest BCUT2D eigenvalue weighted by Gasteiger charge is 2.22. The van der Waals surface area contributed by atoms with Crippen LogP contribution in [0.3, 0.4) is 0 Å². The molecule has 0 aliphatic heterocycles. The summed E-state index contributed by atoms with van der Waals surface area (Å²) in [7, 11) is 1.48. The molecule has 1 heterocycles. The number of benzene rings is 2. The number of fused-ring (bicyclic) bond motifs is 1. The molecule has 29 heavy (non-hydrogen) atoms. The number of ether oxygens (including phenoxy) is 2. The van der Waals surface area contributed by atoms with Crippen LogP contribution in [0.15, 0.2) is 42.5 Å². The molecule has 4 nitrogen and oxygen atoms in total. The van der Waals surface area contributed by atoms with Crippen LogP contribution in [0.4, 0.5) is 4.39 Å². The first kappa shape index (κ1) is 21.1. The van der Waals surface area contributed by atoms with Gasteiger partial charge in [-0.05, 0) is 30.0 Å². The van der Waals surface area contributed by atoms with Crippen LogP contribution in [0.5, 0.6) is 0 Å². The van der Waals surface area contributed by atoms with Gasteiger partial charge in [0.05, 0.1) is 6.61 Å². The van der Waals surface area contributed by atoms with E-state index in [2.05, 4.69) is 13.8 Å². The molecule has 0 saturated heterocycles. The number of halogens is 1. The summed E-state index contributed by atoms with van der Waals surface area (Å²) < 4.78 is 25.3. The SMILES string of the molecule is CC[C@@H](C)c1ccc(C(=O)COC(=O)c2sc3cccc(F)c3c2COC)cc1. The molecule has 1 aromatic heterocycles. The lowest BCUT2D eigenvalue weighted by Crippen LogP contribution is -2.14. The summed E-state index contributed by atoms with van der Waals surface area (Å²) in [4.78, 5) is 25.3. The maximum atomic E-state index is 14.2. The summed E-state index contributed by atoms with van der Waals surface area (Å²) in [5.74, 6) is -0.927. The fourth-order valence-corrected chi connectivity index (χ4v) is 4.24. The van der Waals surface area contributed by atoms with E-state index >= 15 is 0 Å². The lowest BCUT2D eigenvalue weighted by molar-refractivity contribution is 0.0476. The molecule has 1 atom stereocenters. The van der Waals surface area contributed by atoms with Crippen molar-refractivity contribution in [1.29, 1.82) is 0 Å². The summed E-state index contributed by atoms with van der Waals surface area (Å²) in [6, 6.07) is 12.0. The van der Waals surface area contributed by atoms with E-state index in [1.54, 1.807) is 24.3 Å². The van der Waals surface area contributed by atoms with Crippen LogP contribution in [-0.4, -0.2) is 25.5 Å². The average molecular weight is 414 g/mol. The maximum absolute atomic E-state index is 14.2. The molecule has 6 heteroatoms. The van der Waals surface area contributed by atoms with E-state index in [4.69, 9.17) is 9.47 Å². The topological polar surface area (TPSA) is 52.6 Å². The zero-order valence-electron chi connectivity index (χ0n) is 16.7. The minimum absolute atomic E-state index is 0.0798. The molecule has 0 aliphatic rings. The second kappa shape index (κ2) is 9.29. The van der Waals surface area contributed by atoms with Crippen LogP contribution < -0.4 is 0 Å². The van der Waals surface area contributed by atoms with Crippen molar-refractivity contribution in [3.05, 3.63) is 69.8 Å².